The van der Waals surface area contributed by atoms with Crippen LogP contribution in [-0.4, -0.2) is 36.7 Å². The molecule has 6 heteroatoms. The van der Waals surface area contributed by atoms with Gasteiger partial charge in [0, 0.05) is 26.7 Å². The zero-order valence-electron chi connectivity index (χ0n) is 11.5. The van der Waals surface area contributed by atoms with E-state index in [0.29, 0.717) is 6.42 Å². The molecule has 0 radical (unpaired) electrons. The average Bonchev–Trinajstić information content (AvgIpc) is 2.28. The van der Waals surface area contributed by atoms with Gasteiger partial charge in [0.25, 0.3) is 0 Å². The molecule has 0 spiro atoms. The lowest BCUT2D eigenvalue weighted by Crippen LogP contribution is -2.44. The molecule has 1 fully saturated rings. The van der Waals surface area contributed by atoms with E-state index in [-0.39, 0.29) is 18.5 Å². The highest BCUT2D eigenvalue weighted by atomic mass is 16.6. The lowest BCUT2D eigenvalue weighted by molar-refractivity contribution is -0.178. The van der Waals surface area contributed by atoms with Gasteiger partial charge in [0.1, 0.15) is 12.2 Å². The summed E-state index contributed by atoms with van der Waals surface area (Å²) >= 11 is 0. The molecule has 0 unspecified atom stereocenters. The van der Waals surface area contributed by atoms with E-state index in [1.54, 1.807) is 0 Å². The van der Waals surface area contributed by atoms with Crippen molar-refractivity contribution in [2.24, 2.45) is 5.92 Å². The highest BCUT2D eigenvalue weighted by molar-refractivity contribution is 5.67. The summed E-state index contributed by atoms with van der Waals surface area (Å²) in [5.41, 5.74) is 0. The molecule has 1 rings (SSSR count). The van der Waals surface area contributed by atoms with E-state index < -0.39 is 24.1 Å². The van der Waals surface area contributed by atoms with Crippen molar-refractivity contribution in [2.45, 2.75) is 52.2 Å². The van der Waals surface area contributed by atoms with Crippen molar-refractivity contribution >= 4 is 17.9 Å². The maximum absolute atomic E-state index is 11.2. The average molecular weight is 272 g/mol. The van der Waals surface area contributed by atoms with E-state index in [9.17, 15) is 14.4 Å². The lowest BCUT2D eigenvalue weighted by atomic mass is 9.84. The van der Waals surface area contributed by atoms with Crippen molar-refractivity contribution in [2.75, 3.05) is 6.61 Å². The van der Waals surface area contributed by atoms with Gasteiger partial charge >= 0.3 is 17.9 Å². The first kappa shape index (κ1) is 15.5. The maximum Gasteiger partial charge on any atom is 0.303 e. The molecule has 0 bridgehead atoms. The second-order valence-corrected chi connectivity index (χ2v) is 4.72. The molecule has 19 heavy (non-hydrogen) atoms. The van der Waals surface area contributed by atoms with Gasteiger partial charge < -0.3 is 14.2 Å². The van der Waals surface area contributed by atoms with Crippen molar-refractivity contribution < 1.29 is 28.6 Å². The monoisotopic (exact) mass is 272 g/mol. The third-order valence-electron chi connectivity index (χ3n) is 3.01. The van der Waals surface area contributed by atoms with Gasteiger partial charge in [-0.2, -0.15) is 0 Å². The van der Waals surface area contributed by atoms with E-state index in [1.807, 2.05) is 0 Å². The number of esters is 3. The minimum Gasteiger partial charge on any atom is -0.465 e. The van der Waals surface area contributed by atoms with Crippen LogP contribution in [-0.2, 0) is 28.6 Å². The molecule has 0 heterocycles. The van der Waals surface area contributed by atoms with Crippen molar-refractivity contribution in [3.8, 4) is 0 Å². The van der Waals surface area contributed by atoms with Crippen molar-refractivity contribution in [1.82, 2.24) is 0 Å². The van der Waals surface area contributed by atoms with Crippen LogP contribution in [0.1, 0.15) is 40.0 Å². The molecular weight excluding hydrogens is 252 g/mol. The first-order chi connectivity index (χ1) is 8.90. The lowest BCUT2D eigenvalue weighted by Gasteiger charge is -2.36. The van der Waals surface area contributed by atoms with Gasteiger partial charge in [-0.15, -0.1) is 0 Å². The Morgan fingerprint density at radius 2 is 1.58 bits per heavy atom. The smallest absolute Gasteiger partial charge is 0.303 e. The fraction of sp³-hybridized carbons (Fsp3) is 0.769. The predicted molar refractivity (Wildman–Crippen MR) is 65.1 cm³/mol. The van der Waals surface area contributed by atoms with Gasteiger partial charge in [-0.25, -0.2) is 0 Å². The fourth-order valence-corrected chi connectivity index (χ4v) is 2.32. The molecule has 0 aromatic carbocycles. The summed E-state index contributed by atoms with van der Waals surface area (Å²) in [4.78, 5) is 33.1. The molecule has 0 saturated heterocycles. The molecular formula is C13H20O6. The molecule has 1 aliphatic carbocycles. The van der Waals surface area contributed by atoms with E-state index >= 15 is 0 Å². The molecule has 6 nitrogen and oxygen atoms in total. The Kier molecular flexibility index (Phi) is 5.79. The Morgan fingerprint density at radius 1 is 0.947 bits per heavy atom. The SMILES string of the molecule is CC(=O)OC[C@H]1CCC[C@@H](OC(C)=O)[C@H]1OC(C)=O. The topological polar surface area (TPSA) is 78.9 Å². The molecule has 0 aliphatic heterocycles. The summed E-state index contributed by atoms with van der Waals surface area (Å²) in [7, 11) is 0. The van der Waals surface area contributed by atoms with Crippen LogP contribution in [0.4, 0.5) is 0 Å². The van der Waals surface area contributed by atoms with Crippen LogP contribution in [0.25, 0.3) is 0 Å². The van der Waals surface area contributed by atoms with Gasteiger partial charge in [0.15, 0.2) is 0 Å². The van der Waals surface area contributed by atoms with Gasteiger partial charge in [-0.3, -0.25) is 14.4 Å². The van der Waals surface area contributed by atoms with Gasteiger partial charge in [-0.1, -0.05) is 0 Å². The van der Waals surface area contributed by atoms with Crippen LogP contribution in [0.15, 0.2) is 0 Å². The highest BCUT2D eigenvalue weighted by Crippen LogP contribution is 2.30. The third kappa shape index (κ3) is 5.28. The maximum atomic E-state index is 11.2. The summed E-state index contributed by atoms with van der Waals surface area (Å²) in [5, 5.41) is 0. The Labute approximate surface area is 112 Å². The standard InChI is InChI=1S/C13H20O6/c1-8(14)17-7-11-5-4-6-12(18-9(2)15)13(11)19-10(3)16/h11-13H,4-7H2,1-3H3/t11-,12-,13+/m1/s1. The number of carbonyl (C=O) groups excluding carboxylic acids is 3. The summed E-state index contributed by atoms with van der Waals surface area (Å²) in [6.07, 6.45) is 1.24. The highest BCUT2D eigenvalue weighted by Gasteiger charge is 2.38. The molecule has 0 amide bonds. The molecule has 3 atom stereocenters. The zero-order chi connectivity index (χ0) is 14.4. The minimum absolute atomic E-state index is 0.133. The number of hydrogen-bond acceptors (Lipinski definition) is 6. The summed E-state index contributed by atoms with van der Waals surface area (Å²) in [6, 6.07) is 0. The zero-order valence-corrected chi connectivity index (χ0v) is 11.5. The van der Waals surface area contributed by atoms with Crippen LogP contribution in [0.2, 0.25) is 0 Å². The largest absolute Gasteiger partial charge is 0.465 e. The Bertz CT molecular complexity index is 351. The number of carbonyl (C=O) groups is 3. The molecule has 108 valence electrons. The fourth-order valence-electron chi connectivity index (χ4n) is 2.32. The second-order valence-electron chi connectivity index (χ2n) is 4.72. The quantitative estimate of drug-likeness (QED) is 0.565. The summed E-state index contributed by atoms with van der Waals surface area (Å²) in [6.45, 7) is 4.13. The molecule has 0 N–H and O–H groups in total. The normalized spacial score (nSPS) is 26.4. The first-order valence-electron chi connectivity index (χ1n) is 6.38. The van der Waals surface area contributed by atoms with E-state index in [1.165, 1.54) is 20.8 Å². The van der Waals surface area contributed by atoms with Crippen molar-refractivity contribution in [1.29, 1.82) is 0 Å². The number of rotatable bonds is 4. The second kappa shape index (κ2) is 7.11. The third-order valence-corrected chi connectivity index (χ3v) is 3.01. The van der Waals surface area contributed by atoms with Crippen LogP contribution < -0.4 is 0 Å². The van der Waals surface area contributed by atoms with Crippen LogP contribution >= 0.6 is 0 Å². The molecule has 0 aromatic rings. The Hall–Kier alpha value is -1.59. The Morgan fingerprint density at radius 3 is 2.11 bits per heavy atom. The van der Waals surface area contributed by atoms with Crippen LogP contribution in [0.3, 0.4) is 0 Å². The van der Waals surface area contributed by atoms with E-state index in [4.69, 9.17) is 14.2 Å². The van der Waals surface area contributed by atoms with Gasteiger partial charge in [-0.05, 0) is 19.3 Å². The molecule has 1 aliphatic rings. The van der Waals surface area contributed by atoms with Crippen molar-refractivity contribution in [3.63, 3.8) is 0 Å². The van der Waals surface area contributed by atoms with Crippen LogP contribution in [0, 0.1) is 5.92 Å². The summed E-state index contributed by atoms with van der Waals surface area (Å²) in [5.74, 6) is -1.35. The molecule has 1 saturated carbocycles. The van der Waals surface area contributed by atoms with E-state index in [2.05, 4.69) is 0 Å². The van der Waals surface area contributed by atoms with Crippen molar-refractivity contribution in [3.05, 3.63) is 0 Å². The number of hydrogen-bond donors (Lipinski definition) is 0. The Balaban J connectivity index is 2.72. The van der Waals surface area contributed by atoms with Gasteiger partial charge in [0.05, 0.1) is 6.61 Å². The van der Waals surface area contributed by atoms with E-state index in [0.717, 1.165) is 12.8 Å². The first-order valence-corrected chi connectivity index (χ1v) is 6.38. The summed E-state index contributed by atoms with van der Waals surface area (Å²) < 4.78 is 15.4. The molecule has 0 aromatic heterocycles. The minimum atomic E-state index is -0.547. The number of ether oxygens (including phenoxy) is 3. The van der Waals surface area contributed by atoms with Gasteiger partial charge in [0.2, 0.25) is 0 Å². The predicted octanol–water partition coefficient (Wildman–Crippen LogP) is 1.21. The van der Waals surface area contributed by atoms with Crippen LogP contribution in [0.5, 0.6) is 0 Å².